The number of hydrogen-bond donors (Lipinski definition) is 3. The number of carbonyl (C=O) groups excluding carboxylic acids is 1. The van der Waals surface area contributed by atoms with E-state index in [0.29, 0.717) is 16.9 Å². The van der Waals surface area contributed by atoms with Gasteiger partial charge in [-0.2, -0.15) is 0 Å². The van der Waals surface area contributed by atoms with E-state index < -0.39 is 29.4 Å². The number of alkyl halides is 1. The molecule has 3 heterocycles. The van der Waals surface area contributed by atoms with Gasteiger partial charge in [0.2, 0.25) is 0 Å². The van der Waals surface area contributed by atoms with E-state index >= 15 is 0 Å². The molecule has 0 bridgehead atoms. The van der Waals surface area contributed by atoms with Crippen LogP contribution < -0.4 is 21.3 Å². The van der Waals surface area contributed by atoms with E-state index in [1.54, 1.807) is 31.2 Å². The minimum atomic E-state index is -1.42. The largest absolute Gasteiger partial charge is 0.490 e. The number of rotatable bonds is 2. The van der Waals surface area contributed by atoms with E-state index in [2.05, 4.69) is 20.3 Å². The normalized spacial score (nSPS) is 18.6. The van der Waals surface area contributed by atoms with Gasteiger partial charge in [-0.25, -0.2) is 14.2 Å². The lowest BCUT2D eigenvalue weighted by atomic mass is 9.99. The van der Waals surface area contributed by atoms with Crippen LogP contribution in [0.25, 0.3) is 11.0 Å². The molecular formula is C18H15FN4O4. The number of halogens is 1. The van der Waals surface area contributed by atoms with Crippen molar-refractivity contribution in [3.63, 3.8) is 0 Å². The number of ether oxygens (including phenoxy) is 1. The van der Waals surface area contributed by atoms with E-state index in [0.717, 1.165) is 0 Å². The molecule has 0 radical (unpaired) electrons. The highest BCUT2D eigenvalue weighted by molar-refractivity contribution is 5.95. The maximum atomic E-state index is 14.4. The Morgan fingerprint density at radius 1 is 1.30 bits per heavy atom. The lowest BCUT2D eigenvalue weighted by molar-refractivity contribution is 0.0841. The second-order valence-electron chi connectivity index (χ2n) is 6.27. The van der Waals surface area contributed by atoms with Gasteiger partial charge in [0, 0.05) is 5.56 Å². The molecule has 3 N–H and O–H groups in total. The smallest absolute Gasteiger partial charge is 0.327 e. The third kappa shape index (κ3) is 2.97. The molecule has 0 aliphatic carbocycles. The Morgan fingerprint density at radius 3 is 2.89 bits per heavy atom. The van der Waals surface area contributed by atoms with E-state index in [1.807, 2.05) is 0 Å². The first-order valence-corrected chi connectivity index (χ1v) is 8.24. The predicted octanol–water partition coefficient (Wildman–Crippen LogP) is 1.12. The second kappa shape index (κ2) is 6.35. The maximum absolute atomic E-state index is 14.4. The van der Waals surface area contributed by atoms with Crippen LogP contribution in [-0.4, -0.2) is 33.6 Å². The van der Waals surface area contributed by atoms with Gasteiger partial charge in [-0.05, 0) is 24.6 Å². The molecule has 8 nitrogen and oxygen atoms in total. The Morgan fingerprint density at radius 2 is 2.07 bits per heavy atom. The van der Waals surface area contributed by atoms with Gasteiger partial charge < -0.3 is 10.1 Å². The van der Waals surface area contributed by atoms with Crippen molar-refractivity contribution in [2.45, 2.75) is 19.1 Å². The molecule has 4 rings (SSSR count). The molecule has 0 saturated carbocycles. The van der Waals surface area contributed by atoms with Crippen LogP contribution in [0.2, 0.25) is 0 Å². The van der Waals surface area contributed by atoms with Crippen LogP contribution in [0.3, 0.4) is 0 Å². The number of H-pyrrole nitrogens is 2. The zero-order valence-corrected chi connectivity index (χ0v) is 14.2. The third-order valence-electron chi connectivity index (χ3n) is 4.44. The van der Waals surface area contributed by atoms with Gasteiger partial charge in [0.05, 0.1) is 11.4 Å². The van der Waals surface area contributed by atoms with Crippen molar-refractivity contribution in [3.8, 4) is 5.75 Å². The molecule has 3 aromatic rings. The lowest BCUT2D eigenvalue weighted by Crippen LogP contribution is -2.40. The summed E-state index contributed by atoms with van der Waals surface area (Å²) < 4.78 is 19.7. The monoisotopic (exact) mass is 370 g/mol. The first-order valence-electron chi connectivity index (χ1n) is 8.24. The molecule has 2 unspecified atom stereocenters. The molecule has 1 aromatic carbocycles. The molecule has 0 spiro atoms. The number of carbonyl (C=O) groups is 1. The number of aromatic nitrogens is 3. The standard InChI is InChI=1S/C18H15FN4O4/c1-8-6-11(20-15-13(8)17(25)23-18(26)22-15)16(24)21-14-9-4-2-3-5-12(9)27-7-10(14)19/h2-6,10,14H,7H2,1H3,(H,21,24)(H2,20,22,23,25,26). The highest BCUT2D eigenvalue weighted by Crippen LogP contribution is 2.33. The van der Waals surface area contributed by atoms with Gasteiger partial charge in [0.25, 0.3) is 11.5 Å². The lowest BCUT2D eigenvalue weighted by Gasteiger charge is -2.29. The van der Waals surface area contributed by atoms with Crippen molar-refractivity contribution in [1.29, 1.82) is 0 Å². The van der Waals surface area contributed by atoms with Crippen LogP contribution >= 0.6 is 0 Å². The zero-order valence-electron chi connectivity index (χ0n) is 14.2. The average molecular weight is 370 g/mol. The highest BCUT2D eigenvalue weighted by atomic mass is 19.1. The Bertz CT molecular complexity index is 1170. The fraction of sp³-hybridized carbons (Fsp3) is 0.222. The van der Waals surface area contributed by atoms with E-state index in [4.69, 9.17) is 4.74 Å². The summed E-state index contributed by atoms with van der Waals surface area (Å²) in [6.45, 7) is 1.45. The quantitative estimate of drug-likeness (QED) is 0.625. The molecule has 9 heteroatoms. The summed E-state index contributed by atoms with van der Waals surface area (Å²) in [5, 5.41) is 2.81. The van der Waals surface area contributed by atoms with Crippen molar-refractivity contribution in [2.24, 2.45) is 0 Å². The van der Waals surface area contributed by atoms with Gasteiger partial charge in [0.1, 0.15) is 23.7 Å². The van der Waals surface area contributed by atoms with Crippen molar-refractivity contribution < 1.29 is 13.9 Å². The Kier molecular flexibility index (Phi) is 3.98. The third-order valence-corrected chi connectivity index (χ3v) is 4.44. The number of nitrogens with zero attached hydrogens (tertiary/aromatic N) is 1. The molecule has 2 aromatic heterocycles. The van der Waals surface area contributed by atoms with E-state index in [1.165, 1.54) is 6.07 Å². The Balaban J connectivity index is 1.72. The molecule has 138 valence electrons. The number of para-hydroxylation sites is 1. The number of pyridine rings is 1. The Labute approximate surface area is 151 Å². The van der Waals surface area contributed by atoms with E-state index in [-0.39, 0.29) is 23.3 Å². The van der Waals surface area contributed by atoms with Gasteiger partial charge in [-0.1, -0.05) is 18.2 Å². The number of benzene rings is 1. The van der Waals surface area contributed by atoms with Crippen molar-refractivity contribution in [3.05, 3.63) is 68.0 Å². The average Bonchev–Trinajstić information content (AvgIpc) is 2.63. The van der Waals surface area contributed by atoms with Crippen LogP contribution in [0, 0.1) is 6.92 Å². The molecule has 1 aliphatic heterocycles. The molecular weight excluding hydrogens is 355 g/mol. The number of aromatic amines is 2. The van der Waals surface area contributed by atoms with Crippen molar-refractivity contribution in [2.75, 3.05) is 6.61 Å². The molecule has 2 atom stereocenters. The van der Waals surface area contributed by atoms with Gasteiger partial charge in [-0.3, -0.25) is 19.6 Å². The molecule has 1 amide bonds. The highest BCUT2D eigenvalue weighted by Gasteiger charge is 2.32. The van der Waals surface area contributed by atoms with Crippen molar-refractivity contribution in [1.82, 2.24) is 20.3 Å². The summed E-state index contributed by atoms with van der Waals surface area (Å²) >= 11 is 0. The summed E-state index contributed by atoms with van der Waals surface area (Å²) in [7, 11) is 0. The molecule has 1 aliphatic rings. The molecule has 27 heavy (non-hydrogen) atoms. The molecule has 0 fully saturated rings. The van der Waals surface area contributed by atoms with E-state index in [9.17, 15) is 18.8 Å². The Hall–Kier alpha value is -3.49. The van der Waals surface area contributed by atoms with Crippen LogP contribution in [0.15, 0.2) is 39.9 Å². The number of fused-ring (bicyclic) bond motifs is 2. The summed E-state index contributed by atoms with van der Waals surface area (Å²) in [5.41, 5.74) is -0.346. The second-order valence-corrected chi connectivity index (χ2v) is 6.27. The summed E-state index contributed by atoms with van der Waals surface area (Å²) in [4.78, 5) is 44.6. The number of hydrogen-bond acceptors (Lipinski definition) is 5. The van der Waals surface area contributed by atoms with Crippen LogP contribution in [0.1, 0.15) is 27.7 Å². The van der Waals surface area contributed by atoms with Crippen LogP contribution in [0.5, 0.6) is 5.75 Å². The SMILES string of the molecule is Cc1cc(C(=O)NC2c3ccccc3OCC2F)nc2[nH]c(=O)[nH]c(=O)c12. The van der Waals surface area contributed by atoms with Crippen LogP contribution in [0.4, 0.5) is 4.39 Å². The fourth-order valence-electron chi connectivity index (χ4n) is 3.18. The van der Waals surface area contributed by atoms with Gasteiger partial charge in [-0.15, -0.1) is 0 Å². The first kappa shape index (κ1) is 17.0. The zero-order chi connectivity index (χ0) is 19.1. The predicted molar refractivity (Wildman–Crippen MR) is 94.8 cm³/mol. The maximum Gasteiger partial charge on any atom is 0.327 e. The fourth-order valence-corrected chi connectivity index (χ4v) is 3.18. The summed E-state index contributed by atoms with van der Waals surface area (Å²) in [6.07, 6.45) is -1.42. The van der Waals surface area contributed by atoms with Gasteiger partial charge in [0.15, 0.2) is 6.17 Å². The number of aryl methyl sites for hydroxylation is 1. The molecule has 0 saturated heterocycles. The van der Waals surface area contributed by atoms with Crippen molar-refractivity contribution >= 4 is 16.9 Å². The topological polar surface area (TPSA) is 117 Å². The summed E-state index contributed by atoms with van der Waals surface area (Å²) in [6, 6.07) is 7.41. The van der Waals surface area contributed by atoms with Gasteiger partial charge >= 0.3 is 5.69 Å². The number of amides is 1. The minimum absolute atomic E-state index is 0.00178. The van der Waals surface area contributed by atoms with Crippen LogP contribution in [-0.2, 0) is 0 Å². The summed E-state index contributed by atoms with van der Waals surface area (Å²) in [5.74, 6) is -0.110. The minimum Gasteiger partial charge on any atom is -0.490 e. The number of nitrogens with one attached hydrogen (secondary N) is 3. The first-order chi connectivity index (χ1) is 12.9.